The zero-order chi connectivity index (χ0) is 16.0. The Labute approximate surface area is 127 Å². The van der Waals surface area contributed by atoms with Crippen LogP contribution in [0.25, 0.3) is 0 Å². The maximum Gasteiger partial charge on any atom is 0.323 e. The second-order valence-corrected chi connectivity index (χ2v) is 5.94. The third-order valence-corrected chi connectivity index (χ3v) is 3.75. The Morgan fingerprint density at radius 2 is 2.05 bits per heavy atom. The van der Waals surface area contributed by atoms with Crippen LogP contribution in [0.4, 0.5) is 0 Å². The third kappa shape index (κ3) is 5.05. The summed E-state index contributed by atoms with van der Waals surface area (Å²) in [5.41, 5.74) is 1.43. The van der Waals surface area contributed by atoms with Crippen LogP contribution < -0.4 is 10.1 Å². The van der Waals surface area contributed by atoms with E-state index in [9.17, 15) is 9.90 Å². The Morgan fingerprint density at radius 1 is 1.38 bits per heavy atom. The van der Waals surface area contributed by atoms with E-state index >= 15 is 0 Å². The molecule has 2 atom stereocenters. The highest BCUT2D eigenvalue weighted by atomic mass is 16.5. The average Bonchev–Trinajstić information content (AvgIpc) is 2.40. The first kappa shape index (κ1) is 17.5. The van der Waals surface area contributed by atoms with E-state index in [0.717, 1.165) is 12.2 Å². The van der Waals surface area contributed by atoms with Crippen LogP contribution in [0, 0.1) is 13.8 Å². The summed E-state index contributed by atoms with van der Waals surface area (Å²) in [5.74, 6) is -0.0553. The van der Waals surface area contributed by atoms with Crippen molar-refractivity contribution in [3.63, 3.8) is 0 Å². The number of nitrogens with one attached hydrogen (secondary N) is 1. The van der Waals surface area contributed by atoms with E-state index in [1.54, 1.807) is 6.92 Å². The van der Waals surface area contributed by atoms with Gasteiger partial charge in [0.2, 0.25) is 0 Å². The van der Waals surface area contributed by atoms with Crippen LogP contribution in [0.3, 0.4) is 0 Å². The molecule has 0 amide bonds. The highest BCUT2D eigenvalue weighted by Crippen LogP contribution is 2.21. The highest BCUT2D eigenvalue weighted by Gasteiger charge is 2.34. The third-order valence-electron chi connectivity index (χ3n) is 3.75. The quantitative estimate of drug-likeness (QED) is 0.772. The zero-order valence-electron chi connectivity index (χ0n) is 13.7. The first-order valence-corrected chi connectivity index (χ1v) is 7.51. The minimum absolute atomic E-state index is 0.183. The van der Waals surface area contributed by atoms with E-state index in [4.69, 9.17) is 4.74 Å². The van der Waals surface area contributed by atoms with Crippen LogP contribution >= 0.6 is 0 Å². The van der Waals surface area contributed by atoms with Crippen LogP contribution in [0.1, 0.15) is 44.7 Å². The number of aliphatic carboxylic acids is 1. The Bertz CT molecular complexity index is 487. The van der Waals surface area contributed by atoms with Crippen LogP contribution in [0.2, 0.25) is 0 Å². The molecule has 0 bridgehead atoms. The van der Waals surface area contributed by atoms with Crippen molar-refractivity contribution in [3.05, 3.63) is 29.3 Å². The molecule has 0 radical (unpaired) electrons. The molecule has 2 unspecified atom stereocenters. The maximum atomic E-state index is 11.5. The summed E-state index contributed by atoms with van der Waals surface area (Å²) < 4.78 is 5.87. The van der Waals surface area contributed by atoms with E-state index in [0.29, 0.717) is 13.0 Å². The molecule has 0 fully saturated rings. The van der Waals surface area contributed by atoms with E-state index in [2.05, 4.69) is 12.2 Å². The lowest BCUT2D eigenvalue weighted by Crippen LogP contribution is -2.52. The van der Waals surface area contributed by atoms with Gasteiger partial charge in [-0.05, 0) is 63.9 Å². The number of ether oxygens (including phenoxy) is 1. The van der Waals surface area contributed by atoms with Gasteiger partial charge in [0.1, 0.15) is 11.3 Å². The second kappa shape index (κ2) is 7.46. The minimum atomic E-state index is -0.963. The maximum absolute atomic E-state index is 11.5. The highest BCUT2D eigenvalue weighted by molar-refractivity contribution is 5.78. The molecular formula is C17H27NO3. The number of hydrogen-bond acceptors (Lipinski definition) is 3. The van der Waals surface area contributed by atoms with Gasteiger partial charge in [0.25, 0.3) is 0 Å². The SMILES string of the molecule is CCCNC(C)(CC(C)Oc1ccc(C)c(C)c1)C(=O)O. The number of aryl methyl sites for hydroxylation is 2. The first-order valence-electron chi connectivity index (χ1n) is 7.51. The molecule has 0 aromatic heterocycles. The number of hydrogen-bond donors (Lipinski definition) is 2. The average molecular weight is 293 g/mol. The normalized spacial score (nSPS) is 15.3. The van der Waals surface area contributed by atoms with Crippen molar-refractivity contribution in [2.45, 2.75) is 59.1 Å². The van der Waals surface area contributed by atoms with E-state index in [1.807, 2.05) is 39.0 Å². The molecule has 1 aromatic rings. The van der Waals surface area contributed by atoms with Crippen molar-refractivity contribution < 1.29 is 14.6 Å². The molecule has 0 saturated heterocycles. The monoisotopic (exact) mass is 293 g/mol. The zero-order valence-corrected chi connectivity index (χ0v) is 13.7. The standard InChI is InChI=1S/C17H27NO3/c1-6-9-18-17(5,16(19)20)11-14(4)21-15-8-7-12(2)13(3)10-15/h7-8,10,14,18H,6,9,11H2,1-5H3,(H,19,20). The molecule has 0 aliphatic rings. The van der Waals surface area contributed by atoms with E-state index in [-0.39, 0.29) is 6.10 Å². The van der Waals surface area contributed by atoms with Crippen molar-refractivity contribution in [1.82, 2.24) is 5.32 Å². The molecule has 0 spiro atoms. The molecule has 4 heteroatoms. The largest absolute Gasteiger partial charge is 0.491 e. The van der Waals surface area contributed by atoms with E-state index < -0.39 is 11.5 Å². The van der Waals surface area contributed by atoms with Gasteiger partial charge in [0.05, 0.1) is 6.10 Å². The van der Waals surface area contributed by atoms with Gasteiger partial charge in [-0.3, -0.25) is 4.79 Å². The second-order valence-electron chi connectivity index (χ2n) is 5.94. The lowest BCUT2D eigenvalue weighted by Gasteiger charge is -2.29. The fourth-order valence-electron chi connectivity index (χ4n) is 2.27. The minimum Gasteiger partial charge on any atom is -0.491 e. The van der Waals surface area contributed by atoms with Gasteiger partial charge in [-0.15, -0.1) is 0 Å². The molecule has 0 heterocycles. The molecule has 2 N–H and O–H groups in total. The fraction of sp³-hybridized carbons (Fsp3) is 0.588. The van der Waals surface area contributed by atoms with Crippen molar-refractivity contribution in [1.29, 1.82) is 0 Å². The van der Waals surface area contributed by atoms with Gasteiger partial charge < -0.3 is 15.2 Å². The molecule has 21 heavy (non-hydrogen) atoms. The molecular weight excluding hydrogens is 266 g/mol. The molecule has 1 aromatic carbocycles. The lowest BCUT2D eigenvalue weighted by atomic mass is 9.94. The summed E-state index contributed by atoms with van der Waals surface area (Å²) in [6, 6.07) is 5.93. The Hall–Kier alpha value is -1.55. The molecule has 0 aliphatic heterocycles. The van der Waals surface area contributed by atoms with Crippen LogP contribution in [-0.4, -0.2) is 29.3 Å². The number of carboxylic acid groups (broad SMARTS) is 1. The Balaban J connectivity index is 2.71. The summed E-state index contributed by atoms with van der Waals surface area (Å²) in [4.78, 5) is 11.5. The Kier molecular flexibility index (Phi) is 6.21. The molecule has 4 nitrogen and oxygen atoms in total. The van der Waals surface area contributed by atoms with Crippen molar-refractivity contribution in [2.75, 3.05) is 6.54 Å². The topological polar surface area (TPSA) is 58.6 Å². The van der Waals surface area contributed by atoms with Gasteiger partial charge in [-0.25, -0.2) is 0 Å². The molecule has 0 saturated carbocycles. The predicted molar refractivity (Wildman–Crippen MR) is 85.0 cm³/mol. The van der Waals surface area contributed by atoms with Crippen molar-refractivity contribution in [3.8, 4) is 5.75 Å². The van der Waals surface area contributed by atoms with Gasteiger partial charge in [-0.2, -0.15) is 0 Å². The van der Waals surface area contributed by atoms with Crippen molar-refractivity contribution >= 4 is 5.97 Å². The number of benzene rings is 1. The van der Waals surface area contributed by atoms with Gasteiger partial charge in [0, 0.05) is 6.42 Å². The van der Waals surface area contributed by atoms with Gasteiger partial charge in [-0.1, -0.05) is 13.0 Å². The van der Waals surface area contributed by atoms with E-state index in [1.165, 1.54) is 11.1 Å². The number of carbonyl (C=O) groups is 1. The summed E-state index contributed by atoms with van der Waals surface area (Å²) in [5, 5.41) is 12.5. The summed E-state index contributed by atoms with van der Waals surface area (Å²) in [7, 11) is 0. The summed E-state index contributed by atoms with van der Waals surface area (Å²) in [6.45, 7) is 10.4. The summed E-state index contributed by atoms with van der Waals surface area (Å²) >= 11 is 0. The van der Waals surface area contributed by atoms with Crippen LogP contribution in [0.15, 0.2) is 18.2 Å². The fourth-order valence-corrected chi connectivity index (χ4v) is 2.27. The van der Waals surface area contributed by atoms with Gasteiger partial charge in [0.15, 0.2) is 0 Å². The van der Waals surface area contributed by atoms with Crippen molar-refractivity contribution in [2.24, 2.45) is 0 Å². The lowest BCUT2D eigenvalue weighted by molar-refractivity contribution is -0.145. The molecule has 0 aliphatic carbocycles. The number of rotatable bonds is 8. The summed E-state index contributed by atoms with van der Waals surface area (Å²) in [6.07, 6.45) is 1.13. The van der Waals surface area contributed by atoms with Gasteiger partial charge >= 0.3 is 5.97 Å². The van der Waals surface area contributed by atoms with Crippen LogP contribution in [-0.2, 0) is 4.79 Å². The Morgan fingerprint density at radius 3 is 2.57 bits per heavy atom. The molecule has 118 valence electrons. The number of carboxylic acids is 1. The predicted octanol–water partition coefficient (Wildman–Crippen LogP) is 3.30. The first-order chi connectivity index (χ1) is 9.78. The van der Waals surface area contributed by atoms with Crippen LogP contribution in [0.5, 0.6) is 5.75 Å². The smallest absolute Gasteiger partial charge is 0.323 e. The molecule has 1 rings (SSSR count).